The van der Waals surface area contributed by atoms with Gasteiger partial charge in [0, 0.05) is 4.90 Å². The monoisotopic (exact) mass is 267 g/mol. The van der Waals surface area contributed by atoms with Crippen molar-refractivity contribution in [1.29, 1.82) is 0 Å². The van der Waals surface area contributed by atoms with Crippen LogP contribution in [0.4, 0.5) is 23.2 Å². The summed E-state index contributed by atoms with van der Waals surface area (Å²) in [6.45, 7) is 1.51. The summed E-state index contributed by atoms with van der Waals surface area (Å²) in [5, 5.41) is 2.09. The minimum atomic E-state index is -4.29. The zero-order valence-electron chi connectivity index (χ0n) is 8.77. The topological polar surface area (TPSA) is 29.1 Å². The molecule has 0 spiro atoms. The quantitative estimate of drug-likeness (QED) is 0.515. The molecule has 0 radical (unpaired) electrons. The Morgan fingerprint density at radius 2 is 2.06 bits per heavy atom. The molecule has 0 aliphatic rings. The Labute approximate surface area is 99.4 Å². The maximum absolute atomic E-state index is 13.2. The Morgan fingerprint density at radius 3 is 2.59 bits per heavy atom. The van der Waals surface area contributed by atoms with E-state index < -0.39 is 17.7 Å². The zero-order chi connectivity index (χ0) is 13.1. The van der Waals surface area contributed by atoms with Crippen LogP contribution in [0.15, 0.2) is 17.0 Å². The second kappa shape index (κ2) is 5.39. The summed E-state index contributed by atoms with van der Waals surface area (Å²) >= 11 is 0.555. The summed E-state index contributed by atoms with van der Waals surface area (Å²) in [6, 6.07) is 2.28. The number of thioether (sulfide) groups is 1. The van der Waals surface area contributed by atoms with Crippen molar-refractivity contribution in [2.24, 2.45) is 0 Å². The van der Waals surface area contributed by atoms with Crippen molar-refractivity contribution >= 4 is 23.9 Å². The summed E-state index contributed by atoms with van der Waals surface area (Å²) in [5.74, 6) is -1.73. The smallest absolute Gasteiger partial charge is 0.326 e. The van der Waals surface area contributed by atoms with Crippen LogP contribution in [0.2, 0.25) is 0 Å². The standard InChI is InChI=1S/C10H9F4NOS/c1-6-2-7(11)8(15-5-16)3-9(6)17-4-10(12,13)14/h2-3,5H,4H2,1H3,(H,15,16). The number of carbonyl (C=O) groups excluding carboxylic acids is 1. The van der Waals surface area contributed by atoms with Crippen LogP contribution in [0.25, 0.3) is 0 Å². The molecule has 0 aliphatic carbocycles. The lowest BCUT2D eigenvalue weighted by Gasteiger charge is -2.10. The molecule has 2 nitrogen and oxygen atoms in total. The van der Waals surface area contributed by atoms with Crippen LogP contribution in [0.1, 0.15) is 5.56 Å². The van der Waals surface area contributed by atoms with E-state index in [2.05, 4.69) is 5.32 Å². The summed E-state index contributed by atoms with van der Waals surface area (Å²) in [4.78, 5) is 10.5. The van der Waals surface area contributed by atoms with Crippen molar-refractivity contribution < 1.29 is 22.4 Å². The molecule has 1 rings (SSSR count). The number of nitrogens with one attached hydrogen (secondary N) is 1. The van der Waals surface area contributed by atoms with Crippen LogP contribution >= 0.6 is 11.8 Å². The van der Waals surface area contributed by atoms with Gasteiger partial charge in [0.15, 0.2) is 0 Å². The molecule has 7 heteroatoms. The fourth-order valence-corrected chi connectivity index (χ4v) is 1.95. The van der Waals surface area contributed by atoms with Crippen molar-refractivity contribution in [2.45, 2.75) is 18.0 Å². The molecule has 0 unspecified atom stereocenters. The van der Waals surface area contributed by atoms with E-state index in [0.717, 1.165) is 6.07 Å². The highest BCUT2D eigenvalue weighted by Crippen LogP contribution is 2.32. The lowest BCUT2D eigenvalue weighted by atomic mass is 10.2. The molecule has 1 N–H and O–H groups in total. The molecule has 0 saturated heterocycles. The van der Waals surface area contributed by atoms with Crippen molar-refractivity contribution in [3.63, 3.8) is 0 Å². The number of aryl methyl sites for hydroxylation is 1. The lowest BCUT2D eigenvalue weighted by molar-refractivity contribution is -0.106. The van der Waals surface area contributed by atoms with Gasteiger partial charge < -0.3 is 5.32 Å². The van der Waals surface area contributed by atoms with E-state index in [-0.39, 0.29) is 17.0 Å². The molecule has 0 heterocycles. The van der Waals surface area contributed by atoms with Crippen LogP contribution in [-0.2, 0) is 4.79 Å². The second-order valence-electron chi connectivity index (χ2n) is 3.26. The Hall–Kier alpha value is -1.24. The fourth-order valence-electron chi connectivity index (χ4n) is 1.14. The van der Waals surface area contributed by atoms with Crippen molar-refractivity contribution in [1.82, 2.24) is 0 Å². The van der Waals surface area contributed by atoms with Gasteiger partial charge in [-0.05, 0) is 24.6 Å². The molecule has 0 bridgehead atoms. The van der Waals surface area contributed by atoms with Gasteiger partial charge in [-0.25, -0.2) is 4.39 Å². The first-order chi connectivity index (χ1) is 7.83. The predicted octanol–water partition coefficient (Wildman–Crippen LogP) is 3.36. The van der Waals surface area contributed by atoms with Gasteiger partial charge in [-0.15, -0.1) is 11.8 Å². The van der Waals surface area contributed by atoms with Crippen molar-refractivity contribution in [3.8, 4) is 0 Å². The zero-order valence-corrected chi connectivity index (χ0v) is 9.58. The maximum Gasteiger partial charge on any atom is 0.398 e. The SMILES string of the molecule is Cc1cc(F)c(NC=O)cc1SCC(F)(F)F. The number of carbonyl (C=O) groups is 1. The van der Waals surface area contributed by atoms with E-state index >= 15 is 0 Å². The number of anilines is 1. The number of halogens is 4. The Bertz CT molecular complexity index is 420. The number of rotatable bonds is 4. The molecule has 1 aromatic carbocycles. The maximum atomic E-state index is 13.2. The van der Waals surface area contributed by atoms with E-state index in [4.69, 9.17) is 0 Å². The summed E-state index contributed by atoms with van der Waals surface area (Å²) in [7, 11) is 0. The van der Waals surface area contributed by atoms with E-state index in [1.54, 1.807) is 0 Å². The molecule has 0 atom stereocenters. The Kier molecular flexibility index (Phi) is 4.39. The van der Waals surface area contributed by atoms with Crippen molar-refractivity contribution in [3.05, 3.63) is 23.5 Å². The van der Waals surface area contributed by atoms with Crippen LogP contribution in [0, 0.1) is 12.7 Å². The minimum Gasteiger partial charge on any atom is -0.326 e. The first kappa shape index (κ1) is 13.8. The molecule has 17 heavy (non-hydrogen) atoms. The van der Waals surface area contributed by atoms with Gasteiger partial charge in [-0.2, -0.15) is 13.2 Å². The molecule has 0 saturated carbocycles. The average molecular weight is 267 g/mol. The first-order valence-electron chi connectivity index (χ1n) is 4.53. The number of alkyl halides is 3. The molecule has 94 valence electrons. The second-order valence-corrected chi connectivity index (χ2v) is 4.28. The van der Waals surface area contributed by atoms with E-state index in [1.807, 2.05) is 0 Å². The van der Waals surface area contributed by atoms with E-state index in [9.17, 15) is 22.4 Å². The number of hydrogen-bond donors (Lipinski definition) is 1. The van der Waals surface area contributed by atoms with Gasteiger partial charge in [0.2, 0.25) is 6.41 Å². The third kappa shape index (κ3) is 4.26. The molecule has 0 fully saturated rings. The van der Waals surface area contributed by atoms with Gasteiger partial charge in [0.25, 0.3) is 0 Å². The highest BCUT2D eigenvalue weighted by atomic mass is 32.2. The largest absolute Gasteiger partial charge is 0.398 e. The number of amides is 1. The lowest BCUT2D eigenvalue weighted by Crippen LogP contribution is -2.10. The molecule has 0 aliphatic heterocycles. The predicted molar refractivity (Wildman–Crippen MR) is 57.6 cm³/mol. The van der Waals surface area contributed by atoms with Gasteiger partial charge in [0.1, 0.15) is 5.82 Å². The van der Waals surface area contributed by atoms with Gasteiger partial charge in [-0.3, -0.25) is 4.79 Å². The first-order valence-corrected chi connectivity index (χ1v) is 5.52. The summed E-state index contributed by atoms with van der Waals surface area (Å²) in [6.07, 6.45) is -4.02. The van der Waals surface area contributed by atoms with E-state index in [1.165, 1.54) is 13.0 Å². The summed E-state index contributed by atoms with van der Waals surface area (Å²) < 4.78 is 49.3. The third-order valence-electron chi connectivity index (χ3n) is 1.87. The highest BCUT2D eigenvalue weighted by Gasteiger charge is 2.27. The summed E-state index contributed by atoms with van der Waals surface area (Å²) in [5.41, 5.74) is 0.267. The van der Waals surface area contributed by atoms with Crippen LogP contribution in [-0.4, -0.2) is 18.3 Å². The van der Waals surface area contributed by atoms with Crippen LogP contribution < -0.4 is 5.32 Å². The third-order valence-corrected chi connectivity index (χ3v) is 3.09. The average Bonchev–Trinajstić information content (AvgIpc) is 2.19. The number of hydrogen-bond acceptors (Lipinski definition) is 2. The Morgan fingerprint density at radius 1 is 1.41 bits per heavy atom. The minimum absolute atomic E-state index is 0.129. The molecule has 1 aromatic rings. The van der Waals surface area contributed by atoms with Crippen molar-refractivity contribution in [2.75, 3.05) is 11.1 Å². The van der Waals surface area contributed by atoms with Crippen LogP contribution in [0.5, 0.6) is 0 Å². The molecular formula is C10H9F4NOS. The molecule has 1 amide bonds. The normalized spacial score (nSPS) is 11.4. The highest BCUT2D eigenvalue weighted by molar-refractivity contribution is 7.99. The number of benzene rings is 1. The fraction of sp³-hybridized carbons (Fsp3) is 0.300. The Balaban J connectivity index is 2.91. The van der Waals surface area contributed by atoms with E-state index in [0.29, 0.717) is 17.3 Å². The van der Waals surface area contributed by atoms with Gasteiger partial charge in [0.05, 0.1) is 11.4 Å². The molecular weight excluding hydrogens is 258 g/mol. The molecule has 0 aromatic heterocycles. The van der Waals surface area contributed by atoms with Gasteiger partial charge in [-0.1, -0.05) is 0 Å². The van der Waals surface area contributed by atoms with Gasteiger partial charge >= 0.3 is 6.18 Å². The van der Waals surface area contributed by atoms with Crippen LogP contribution in [0.3, 0.4) is 0 Å².